The highest BCUT2D eigenvalue weighted by Gasteiger charge is 2.33. The molecule has 0 saturated carbocycles. The number of aliphatic carboxylic acids is 1. The highest BCUT2D eigenvalue weighted by Crippen LogP contribution is 2.45. The number of carbonyl (C=O) groups is 2. The molecular formula is C28H30N2O4S. The summed E-state index contributed by atoms with van der Waals surface area (Å²) >= 11 is 1.59. The van der Waals surface area contributed by atoms with Gasteiger partial charge in [-0.1, -0.05) is 51.1 Å². The standard InChI is InChI=1S/C28H30N2O4S/c1-28(2,3)19-12-13-22-23(15-19)35-27(25(22)26(33)30-20-9-5-4-6-10-20)29-16-18-8-7-11-21(14-18)34-17-24(31)32/h4-11,14,16,19H,12-13,15,17H2,1-3H3,(H,30,33)(H,31,32)/t19-/m0/s1. The lowest BCUT2D eigenvalue weighted by atomic mass is 9.72. The number of anilines is 1. The normalized spacial score (nSPS) is 15.6. The lowest BCUT2D eigenvalue weighted by molar-refractivity contribution is -0.139. The van der Waals surface area contributed by atoms with Crippen LogP contribution in [0.4, 0.5) is 10.7 Å². The predicted octanol–water partition coefficient (Wildman–Crippen LogP) is 6.37. The zero-order valence-electron chi connectivity index (χ0n) is 20.2. The van der Waals surface area contributed by atoms with Crippen LogP contribution < -0.4 is 10.1 Å². The average molecular weight is 491 g/mol. The SMILES string of the molecule is CC(C)(C)[C@H]1CCc2c(sc(N=Cc3cccc(OCC(=O)O)c3)c2C(=O)Nc2ccccc2)C1. The minimum absolute atomic E-state index is 0.145. The van der Waals surface area contributed by atoms with Crippen LogP contribution in [-0.4, -0.2) is 29.8 Å². The van der Waals surface area contributed by atoms with Gasteiger partial charge in [-0.25, -0.2) is 9.79 Å². The highest BCUT2D eigenvalue weighted by molar-refractivity contribution is 7.16. The molecule has 6 nitrogen and oxygen atoms in total. The topological polar surface area (TPSA) is 88.0 Å². The van der Waals surface area contributed by atoms with Crippen molar-refractivity contribution in [3.05, 3.63) is 76.2 Å². The van der Waals surface area contributed by atoms with Gasteiger partial charge in [0.15, 0.2) is 6.61 Å². The Morgan fingerprint density at radius 3 is 2.66 bits per heavy atom. The third-order valence-corrected chi connectivity index (χ3v) is 7.44. The Morgan fingerprint density at radius 1 is 1.17 bits per heavy atom. The molecule has 1 atom stereocenters. The molecule has 0 aliphatic heterocycles. The number of hydrogen-bond acceptors (Lipinski definition) is 5. The highest BCUT2D eigenvalue weighted by atomic mass is 32.1. The quantitative estimate of drug-likeness (QED) is 0.377. The number of amides is 1. The van der Waals surface area contributed by atoms with Gasteiger partial charge in [-0.2, -0.15) is 0 Å². The number of thiophene rings is 1. The van der Waals surface area contributed by atoms with Crippen molar-refractivity contribution >= 4 is 40.1 Å². The van der Waals surface area contributed by atoms with E-state index < -0.39 is 12.6 Å². The van der Waals surface area contributed by atoms with Crippen LogP contribution in [0.25, 0.3) is 0 Å². The molecule has 35 heavy (non-hydrogen) atoms. The van der Waals surface area contributed by atoms with Gasteiger partial charge >= 0.3 is 5.97 Å². The Balaban J connectivity index is 1.65. The second kappa shape index (κ2) is 10.4. The Kier molecular flexibility index (Phi) is 7.36. The summed E-state index contributed by atoms with van der Waals surface area (Å²) in [4.78, 5) is 30.2. The van der Waals surface area contributed by atoms with E-state index in [0.29, 0.717) is 22.2 Å². The van der Waals surface area contributed by atoms with Crippen LogP contribution in [0.3, 0.4) is 0 Å². The van der Waals surface area contributed by atoms with E-state index >= 15 is 0 Å². The molecule has 0 unspecified atom stereocenters. The lowest BCUT2D eigenvalue weighted by Crippen LogP contribution is -2.27. The molecule has 1 heterocycles. The first-order chi connectivity index (χ1) is 16.7. The fourth-order valence-corrected chi connectivity index (χ4v) is 5.58. The summed E-state index contributed by atoms with van der Waals surface area (Å²) in [6.07, 6.45) is 4.55. The molecule has 2 N–H and O–H groups in total. The van der Waals surface area contributed by atoms with Crippen LogP contribution in [0, 0.1) is 11.3 Å². The van der Waals surface area contributed by atoms with E-state index in [1.807, 2.05) is 36.4 Å². The van der Waals surface area contributed by atoms with E-state index in [2.05, 4.69) is 26.1 Å². The maximum Gasteiger partial charge on any atom is 0.341 e. The monoisotopic (exact) mass is 490 g/mol. The van der Waals surface area contributed by atoms with Gasteiger partial charge in [-0.3, -0.25) is 4.79 Å². The van der Waals surface area contributed by atoms with E-state index in [9.17, 15) is 9.59 Å². The van der Waals surface area contributed by atoms with Gasteiger partial charge < -0.3 is 15.2 Å². The predicted molar refractivity (Wildman–Crippen MR) is 141 cm³/mol. The minimum atomic E-state index is -1.03. The number of ether oxygens (including phenoxy) is 1. The summed E-state index contributed by atoms with van der Waals surface area (Å²) in [5, 5.41) is 12.6. The molecule has 0 fully saturated rings. The molecule has 1 aromatic heterocycles. The minimum Gasteiger partial charge on any atom is -0.482 e. The summed E-state index contributed by atoms with van der Waals surface area (Å²) in [5.41, 5.74) is 3.47. The number of rotatable bonds is 7. The summed E-state index contributed by atoms with van der Waals surface area (Å²) in [5.74, 6) is -0.167. The molecule has 1 aliphatic rings. The van der Waals surface area contributed by atoms with Crippen molar-refractivity contribution in [2.75, 3.05) is 11.9 Å². The fraction of sp³-hybridized carbons (Fsp3) is 0.321. The smallest absolute Gasteiger partial charge is 0.341 e. The van der Waals surface area contributed by atoms with Gasteiger partial charge in [0.05, 0.1) is 5.56 Å². The molecule has 3 aromatic rings. The summed E-state index contributed by atoms with van der Waals surface area (Å²) in [6.45, 7) is 6.42. The zero-order chi connectivity index (χ0) is 25.0. The second-order valence-corrected chi connectivity index (χ2v) is 10.9. The number of fused-ring (bicyclic) bond motifs is 1. The number of para-hydroxylation sites is 1. The van der Waals surface area contributed by atoms with E-state index in [1.54, 1.807) is 35.8 Å². The number of aliphatic imine (C=N–C) groups is 1. The largest absolute Gasteiger partial charge is 0.482 e. The maximum absolute atomic E-state index is 13.4. The molecule has 1 aliphatic carbocycles. The molecule has 1 amide bonds. The van der Waals surface area contributed by atoms with Gasteiger partial charge in [-0.15, -0.1) is 11.3 Å². The van der Waals surface area contributed by atoms with Crippen molar-refractivity contribution in [3.8, 4) is 5.75 Å². The van der Waals surface area contributed by atoms with Crippen LogP contribution in [0.2, 0.25) is 0 Å². The lowest BCUT2D eigenvalue weighted by Gasteiger charge is -2.33. The van der Waals surface area contributed by atoms with Crippen LogP contribution in [0.1, 0.15) is 53.6 Å². The summed E-state index contributed by atoms with van der Waals surface area (Å²) in [6, 6.07) is 16.5. The average Bonchev–Trinajstić information content (AvgIpc) is 3.19. The van der Waals surface area contributed by atoms with Gasteiger partial charge in [-0.05, 0) is 66.0 Å². The fourth-order valence-electron chi connectivity index (χ4n) is 4.31. The molecule has 0 spiro atoms. The Morgan fingerprint density at radius 2 is 1.94 bits per heavy atom. The first-order valence-corrected chi connectivity index (χ1v) is 12.5. The summed E-state index contributed by atoms with van der Waals surface area (Å²) in [7, 11) is 0. The van der Waals surface area contributed by atoms with E-state index in [0.717, 1.165) is 36.1 Å². The van der Waals surface area contributed by atoms with Gasteiger partial charge in [0.25, 0.3) is 5.91 Å². The number of nitrogens with zero attached hydrogens (tertiary/aromatic N) is 1. The van der Waals surface area contributed by atoms with Crippen molar-refractivity contribution in [2.45, 2.75) is 40.0 Å². The molecule has 7 heteroatoms. The van der Waals surface area contributed by atoms with Crippen molar-refractivity contribution < 1.29 is 19.4 Å². The number of hydrogen-bond donors (Lipinski definition) is 2. The Hall–Kier alpha value is -3.45. The molecule has 0 radical (unpaired) electrons. The van der Waals surface area contributed by atoms with Gasteiger partial charge in [0.1, 0.15) is 10.8 Å². The Bertz CT molecular complexity index is 1240. The first-order valence-electron chi connectivity index (χ1n) is 11.7. The number of carbonyl (C=O) groups excluding carboxylic acids is 1. The van der Waals surface area contributed by atoms with Crippen molar-refractivity contribution in [1.29, 1.82) is 0 Å². The van der Waals surface area contributed by atoms with Crippen LogP contribution >= 0.6 is 11.3 Å². The van der Waals surface area contributed by atoms with Crippen molar-refractivity contribution in [3.63, 3.8) is 0 Å². The van der Waals surface area contributed by atoms with Crippen LogP contribution in [0.15, 0.2) is 59.6 Å². The summed E-state index contributed by atoms with van der Waals surface area (Å²) < 4.78 is 5.28. The maximum atomic E-state index is 13.4. The number of carboxylic acid groups (broad SMARTS) is 1. The van der Waals surface area contributed by atoms with E-state index in [-0.39, 0.29) is 11.3 Å². The number of carboxylic acids is 1. The van der Waals surface area contributed by atoms with Crippen molar-refractivity contribution in [2.24, 2.45) is 16.3 Å². The zero-order valence-corrected chi connectivity index (χ0v) is 21.0. The molecule has 4 rings (SSSR count). The van der Waals surface area contributed by atoms with Crippen molar-refractivity contribution in [1.82, 2.24) is 0 Å². The molecule has 0 bridgehead atoms. The number of benzene rings is 2. The third kappa shape index (κ3) is 6.17. The van der Waals surface area contributed by atoms with E-state index in [4.69, 9.17) is 14.8 Å². The van der Waals surface area contributed by atoms with Gasteiger partial charge in [0.2, 0.25) is 0 Å². The molecule has 2 aromatic carbocycles. The Labute approximate surface area is 209 Å². The molecular weight excluding hydrogens is 460 g/mol. The second-order valence-electron chi connectivity index (χ2n) is 9.82. The van der Waals surface area contributed by atoms with Crippen LogP contribution in [-0.2, 0) is 17.6 Å². The van der Waals surface area contributed by atoms with Gasteiger partial charge in [0, 0.05) is 16.8 Å². The van der Waals surface area contributed by atoms with Crippen LogP contribution in [0.5, 0.6) is 5.75 Å². The third-order valence-electron chi connectivity index (χ3n) is 6.28. The number of nitrogens with one attached hydrogen (secondary N) is 1. The molecule has 182 valence electrons. The molecule has 0 saturated heterocycles. The first kappa shape index (κ1) is 24.7. The van der Waals surface area contributed by atoms with E-state index in [1.165, 1.54) is 4.88 Å².